The Bertz CT molecular complexity index is 629. The smallest absolute Gasteiger partial charge is 0.262 e. The van der Waals surface area contributed by atoms with Gasteiger partial charge in [0.1, 0.15) is 12.4 Å². The van der Waals surface area contributed by atoms with E-state index in [0.29, 0.717) is 11.4 Å². The largest absolute Gasteiger partial charge is 0.477 e. The summed E-state index contributed by atoms with van der Waals surface area (Å²) in [5, 5.41) is 2.58. The lowest BCUT2D eigenvalue weighted by molar-refractivity contribution is -0.129. The summed E-state index contributed by atoms with van der Waals surface area (Å²) in [5.74, 6) is 0.141. The SMILES string of the molecule is CNC(=O)C1CN(C(=O)COC2CCN(C)CC2)c2ccccc2O1. The van der Waals surface area contributed by atoms with E-state index in [1.54, 1.807) is 18.0 Å². The van der Waals surface area contributed by atoms with E-state index in [-0.39, 0.29) is 31.1 Å². The molecule has 2 amide bonds. The van der Waals surface area contributed by atoms with Crippen molar-refractivity contribution in [2.75, 3.05) is 45.2 Å². The summed E-state index contributed by atoms with van der Waals surface area (Å²) in [5.41, 5.74) is 0.680. The summed E-state index contributed by atoms with van der Waals surface area (Å²) in [6.07, 6.45) is 1.27. The molecule has 1 fully saturated rings. The van der Waals surface area contributed by atoms with Crippen molar-refractivity contribution in [3.63, 3.8) is 0 Å². The number of ether oxygens (including phenoxy) is 2. The van der Waals surface area contributed by atoms with Gasteiger partial charge in [0.2, 0.25) is 0 Å². The van der Waals surface area contributed by atoms with Crippen LogP contribution in [0.5, 0.6) is 5.75 Å². The molecule has 0 radical (unpaired) electrons. The van der Waals surface area contributed by atoms with E-state index in [1.807, 2.05) is 18.2 Å². The summed E-state index contributed by atoms with van der Waals surface area (Å²) in [6, 6.07) is 7.26. The predicted octanol–water partition coefficient (Wildman–Crippen LogP) is 0.637. The van der Waals surface area contributed by atoms with Gasteiger partial charge < -0.3 is 24.6 Å². The Morgan fingerprint density at radius 3 is 2.72 bits per heavy atom. The third-order valence-electron chi connectivity index (χ3n) is 4.72. The highest BCUT2D eigenvalue weighted by molar-refractivity contribution is 5.98. The number of benzene rings is 1. The van der Waals surface area contributed by atoms with Crippen LogP contribution in [0.3, 0.4) is 0 Å². The number of nitrogens with one attached hydrogen (secondary N) is 1. The Kier molecular flexibility index (Phi) is 5.55. The van der Waals surface area contributed by atoms with E-state index in [4.69, 9.17) is 9.47 Å². The number of hydrogen-bond donors (Lipinski definition) is 1. The highest BCUT2D eigenvalue weighted by atomic mass is 16.5. The number of likely N-dealkylation sites (N-methyl/N-ethyl adjacent to an activating group) is 1. The second-order valence-electron chi connectivity index (χ2n) is 6.51. The molecule has 25 heavy (non-hydrogen) atoms. The van der Waals surface area contributed by atoms with E-state index in [9.17, 15) is 9.59 Å². The number of anilines is 1. The van der Waals surface area contributed by atoms with Crippen LogP contribution in [0.1, 0.15) is 12.8 Å². The highest BCUT2D eigenvalue weighted by Crippen LogP contribution is 2.33. The lowest BCUT2D eigenvalue weighted by Crippen LogP contribution is -2.51. The van der Waals surface area contributed by atoms with Gasteiger partial charge in [-0.3, -0.25) is 9.59 Å². The van der Waals surface area contributed by atoms with Crippen molar-refractivity contribution in [3.8, 4) is 5.75 Å². The van der Waals surface area contributed by atoms with Crippen LogP contribution in [-0.4, -0.2) is 69.3 Å². The minimum absolute atomic E-state index is 0.0170. The summed E-state index contributed by atoms with van der Waals surface area (Å²) < 4.78 is 11.5. The molecular weight excluding hydrogens is 322 g/mol. The van der Waals surface area contributed by atoms with Gasteiger partial charge in [-0.1, -0.05) is 12.1 Å². The predicted molar refractivity (Wildman–Crippen MR) is 93.7 cm³/mol. The quantitative estimate of drug-likeness (QED) is 0.865. The third kappa shape index (κ3) is 4.11. The zero-order valence-electron chi connectivity index (χ0n) is 14.7. The lowest BCUT2D eigenvalue weighted by Gasteiger charge is -2.34. The van der Waals surface area contributed by atoms with Crippen molar-refractivity contribution in [1.29, 1.82) is 0 Å². The number of fused-ring (bicyclic) bond motifs is 1. The average Bonchev–Trinajstić information content (AvgIpc) is 2.65. The molecule has 0 aromatic heterocycles. The number of rotatable bonds is 4. The average molecular weight is 347 g/mol. The van der Waals surface area contributed by atoms with Crippen LogP contribution in [0.25, 0.3) is 0 Å². The number of carbonyl (C=O) groups excluding carboxylic acids is 2. The fourth-order valence-corrected chi connectivity index (χ4v) is 3.19. The number of likely N-dealkylation sites (tertiary alicyclic amines) is 1. The maximum Gasteiger partial charge on any atom is 0.262 e. The molecule has 2 aliphatic heterocycles. The fourth-order valence-electron chi connectivity index (χ4n) is 3.19. The van der Waals surface area contributed by atoms with Gasteiger partial charge in [-0.2, -0.15) is 0 Å². The van der Waals surface area contributed by atoms with Crippen molar-refractivity contribution in [2.24, 2.45) is 0 Å². The van der Waals surface area contributed by atoms with Gasteiger partial charge >= 0.3 is 0 Å². The summed E-state index contributed by atoms with van der Waals surface area (Å²) >= 11 is 0. The van der Waals surface area contributed by atoms with Crippen LogP contribution < -0.4 is 15.0 Å². The Morgan fingerprint density at radius 1 is 1.28 bits per heavy atom. The minimum Gasteiger partial charge on any atom is -0.477 e. The molecular formula is C18H25N3O4. The van der Waals surface area contributed by atoms with Crippen molar-refractivity contribution in [3.05, 3.63) is 24.3 Å². The zero-order valence-corrected chi connectivity index (χ0v) is 14.7. The van der Waals surface area contributed by atoms with Crippen molar-refractivity contribution in [2.45, 2.75) is 25.0 Å². The number of carbonyl (C=O) groups is 2. The summed E-state index contributed by atoms with van der Waals surface area (Å²) in [6.45, 7) is 2.17. The first kappa shape index (κ1) is 17.7. The standard InChI is InChI=1S/C18H25N3O4/c1-19-18(23)16-11-21(14-5-3-4-6-15(14)25-16)17(22)12-24-13-7-9-20(2)10-8-13/h3-6,13,16H,7-12H2,1-2H3,(H,19,23). The molecule has 2 heterocycles. The number of nitrogens with zero attached hydrogens (tertiary/aromatic N) is 2. The first-order chi connectivity index (χ1) is 12.1. The Morgan fingerprint density at radius 2 is 2.00 bits per heavy atom. The third-order valence-corrected chi connectivity index (χ3v) is 4.72. The Balaban J connectivity index is 1.66. The van der Waals surface area contributed by atoms with E-state index in [1.165, 1.54) is 0 Å². The number of piperidine rings is 1. The van der Waals surface area contributed by atoms with E-state index >= 15 is 0 Å². The highest BCUT2D eigenvalue weighted by Gasteiger charge is 2.33. The fraction of sp³-hybridized carbons (Fsp3) is 0.556. The molecule has 1 saturated heterocycles. The second kappa shape index (κ2) is 7.84. The lowest BCUT2D eigenvalue weighted by atomic mass is 10.1. The Labute approximate surface area is 147 Å². The van der Waals surface area contributed by atoms with Crippen LogP contribution in [0.2, 0.25) is 0 Å². The zero-order chi connectivity index (χ0) is 17.8. The van der Waals surface area contributed by atoms with Gasteiger partial charge in [-0.15, -0.1) is 0 Å². The van der Waals surface area contributed by atoms with Crippen LogP contribution in [-0.2, 0) is 14.3 Å². The minimum atomic E-state index is -0.716. The molecule has 7 heteroatoms. The van der Waals surface area contributed by atoms with E-state index in [2.05, 4.69) is 17.3 Å². The molecule has 0 spiro atoms. The maximum atomic E-state index is 12.7. The molecule has 7 nitrogen and oxygen atoms in total. The van der Waals surface area contributed by atoms with Crippen LogP contribution in [0.15, 0.2) is 24.3 Å². The molecule has 0 saturated carbocycles. The maximum absolute atomic E-state index is 12.7. The number of para-hydroxylation sites is 2. The van der Waals surface area contributed by atoms with Crippen molar-refractivity contribution >= 4 is 17.5 Å². The molecule has 0 bridgehead atoms. The molecule has 136 valence electrons. The number of amides is 2. The van der Waals surface area contributed by atoms with Crippen LogP contribution in [0.4, 0.5) is 5.69 Å². The van der Waals surface area contributed by atoms with Crippen molar-refractivity contribution < 1.29 is 19.1 Å². The van der Waals surface area contributed by atoms with Gasteiger partial charge in [0.15, 0.2) is 6.10 Å². The molecule has 0 aliphatic carbocycles. The van der Waals surface area contributed by atoms with Gasteiger partial charge in [0, 0.05) is 20.1 Å². The molecule has 1 atom stereocenters. The van der Waals surface area contributed by atoms with Crippen molar-refractivity contribution in [1.82, 2.24) is 10.2 Å². The topological polar surface area (TPSA) is 71.1 Å². The van der Waals surface area contributed by atoms with Gasteiger partial charge in [-0.05, 0) is 32.0 Å². The normalized spacial score (nSPS) is 21.4. The molecule has 2 aliphatic rings. The molecule has 1 aromatic carbocycles. The number of hydrogen-bond acceptors (Lipinski definition) is 5. The van der Waals surface area contributed by atoms with Gasteiger partial charge in [-0.25, -0.2) is 0 Å². The van der Waals surface area contributed by atoms with E-state index in [0.717, 1.165) is 25.9 Å². The van der Waals surface area contributed by atoms with Gasteiger partial charge in [0.05, 0.1) is 18.3 Å². The van der Waals surface area contributed by atoms with Crippen LogP contribution in [0, 0.1) is 0 Å². The molecule has 1 unspecified atom stereocenters. The van der Waals surface area contributed by atoms with E-state index < -0.39 is 6.10 Å². The Hall–Kier alpha value is -2.12. The monoisotopic (exact) mass is 347 g/mol. The molecule has 1 aromatic rings. The summed E-state index contributed by atoms with van der Waals surface area (Å²) in [4.78, 5) is 28.5. The van der Waals surface area contributed by atoms with Crippen LogP contribution >= 0.6 is 0 Å². The molecule has 3 rings (SSSR count). The van der Waals surface area contributed by atoms with Gasteiger partial charge in [0.25, 0.3) is 11.8 Å². The second-order valence-corrected chi connectivity index (χ2v) is 6.51. The summed E-state index contributed by atoms with van der Waals surface area (Å²) in [7, 11) is 3.65. The first-order valence-electron chi connectivity index (χ1n) is 8.66. The first-order valence-corrected chi connectivity index (χ1v) is 8.66. The molecule has 1 N–H and O–H groups in total.